The molecule has 1 amide bonds. The summed E-state index contributed by atoms with van der Waals surface area (Å²) in [5.41, 5.74) is -0.971. The van der Waals surface area contributed by atoms with Crippen LogP contribution in [-0.2, 0) is 34.8 Å². The number of fused-ring (bicyclic) bond motifs is 1. The Kier molecular flexibility index (Phi) is 10.1. The van der Waals surface area contributed by atoms with Gasteiger partial charge in [-0.05, 0) is 86.4 Å². The lowest BCUT2D eigenvalue weighted by Gasteiger charge is -2.35. The molecule has 3 aromatic rings. The fourth-order valence-electron chi connectivity index (χ4n) is 6.27. The van der Waals surface area contributed by atoms with Crippen molar-refractivity contribution in [1.82, 2.24) is 9.80 Å². The summed E-state index contributed by atoms with van der Waals surface area (Å²) in [6.45, 7) is 2.73. The molecule has 0 atom stereocenters. The molecular formula is C33H35F6N3O3. The molecule has 5 rings (SSSR count). The highest BCUT2D eigenvalue weighted by Crippen LogP contribution is 2.35. The van der Waals surface area contributed by atoms with Gasteiger partial charge in [0.2, 0.25) is 5.91 Å². The summed E-state index contributed by atoms with van der Waals surface area (Å²) in [4.78, 5) is 16.7. The van der Waals surface area contributed by atoms with Crippen LogP contribution in [0.5, 0.6) is 0 Å². The van der Waals surface area contributed by atoms with E-state index in [1.165, 1.54) is 12.1 Å². The molecule has 45 heavy (non-hydrogen) atoms. The van der Waals surface area contributed by atoms with Crippen LogP contribution in [0.1, 0.15) is 66.5 Å². The Labute approximate surface area is 257 Å². The van der Waals surface area contributed by atoms with E-state index in [2.05, 4.69) is 4.90 Å². The Hall–Kier alpha value is -3.56. The van der Waals surface area contributed by atoms with Gasteiger partial charge < -0.3 is 14.1 Å². The summed E-state index contributed by atoms with van der Waals surface area (Å²) in [6.07, 6.45) is -3.21. The number of carbonyl (C=O) groups is 1. The maximum absolute atomic E-state index is 13.2. The molecule has 1 saturated heterocycles. The third-order valence-electron chi connectivity index (χ3n) is 8.82. The average Bonchev–Trinajstić information content (AvgIpc) is 3.41. The van der Waals surface area contributed by atoms with E-state index < -0.39 is 23.5 Å². The minimum Gasteiger partial charge on any atom is -0.460 e. The molecule has 0 radical (unpaired) electrons. The highest BCUT2D eigenvalue weighted by atomic mass is 19.4. The van der Waals surface area contributed by atoms with Crippen LogP contribution in [0.4, 0.5) is 26.3 Å². The molecule has 2 aromatic carbocycles. The van der Waals surface area contributed by atoms with Crippen LogP contribution in [0, 0.1) is 17.2 Å². The Morgan fingerprint density at radius 2 is 1.67 bits per heavy atom. The van der Waals surface area contributed by atoms with Gasteiger partial charge in [-0.25, -0.2) is 0 Å². The van der Waals surface area contributed by atoms with Gasteiger partial charge in [-0.2, -0.15) is 31.6 Å². The Balaban J connectivity index is 0.981. The summed E-state index contributed by atoms with van der Waals surface area (Å²) in [7, 11) is 0. The predicted octanol–water partition coefficient (Wildman–Crippen LogP) is 7.58. The van der Waals surface area contributed by atoms with Crippen molar-refractivity contribution in [2.24, 2.45) is 5.92 Å². The van der Waals surface area contributed by atoms with E-state index >= 15 is 0 Å². The number of hydrogen-bond donors (Lipinski definition) is 0. The second kappa shape index (κ2) is 13.8. The number of nitriles is 1. The molecule has 0 N–H and O–H groups in total. The first-order chi connectivity index (χ1) is 21.4. The topological polar surface area (TPSA) is 69.7 Å². The summed E-state index contributed by atoms with van der Waals surface area (Å²) < 4.78 is 90.4. The first kappa shape index (κ1) is 32.8. The molecule has 1 aliphatic heterocycles. The summed E-state index contributed by atoms with van der Waals surface area (Å²) >= 11 is 0. The molecule has 242 valence electrons. The van der Waals surface area contributed by atoms with Gasteiger partial charge in [0.25, 0.3) is 0 Å². The van der Waals surface area contributed by atoms with E-state index in [4.69, 9.17) is 14.4 Å². The predicted molar refractivity (Wildman–Crippen MR) is 154 cm³/mol. The van der Waals surface area contributed by atoms with Crippen molar-refractivity contribution >= 4 is 16.9 Å². The number of rotatable bonds is 9. The van der Waals surface area contributed by atoms with E-state index in [1.54, 1.807) is 23.1 Å². The van der Waals surface area contributed by atoms with Crippen molar-refractivity contribution in [3.63, 3.8) is 0 Å². The third kappa shape index (κ3) is 8.58. The highest BCUT2D eigenvalue weighted by Gasteiger charge is 2.34. The van der Waals surface area contributed by atoms with Crippen LogP contribution >= 0.6 is 0 Å². The first-order valence-electron chi connectivity index (χ1n) is 15.2. The zero-order valence-electron chi connectivity index (χ0n) is 24.7. The number of hydrogen-bond acceptors (Lipinski definition) is 5. The SMILES string of the molecule is N#Cc1ccc(CCCC2CCC(OCC(=O)N3CCN(Cc4cc5cc(C(F)(F)F)ccc5o4)CC3)CC2)cc1C(F)(F)F. The Morgan fingerprint density at radius 1 is 0.933 bits per heavy atom. The smallest absolute Gasteiger partial charge is 0.417 e. The van der Waals surface area contributed by atoms with Crippen LogP contribution < -0.4 is 0 Å². The monoisotopic (exact) mass is 635 g/mol. The molecule has 0 spiro atoms. The number of alkyl halides is 6. The maximum Gasteiger partial charge on any atom is 0.417 e. The van der Waals surface area contributed by atoms with E-state index in [0.29, 0.717) is 67.4 Å². The molecule has 0 unspecified atom stereocenters. The van der Waals surface area contributed by atoms with Crippen molar-refractivity contribution in [3.8, 4) is 6.07 Å². The lowest BCUT2D eigenvalue weighted by molar-refractivity contribution is -0.141. The van der Waals surface area contributed by atoms with Crippen LogP contribution in [-0.4, -0.2) is 54.6 Å². The molecule has 1 saturated carbocycles. The Morgan fingerprint density at radius 3 is 2.33 bits per heavy atom. The fourth-order valence-corrected chi connectivity index (χ4v) is 6.27. The maximum atomic E-state index is 13.2. The zero-order valence-corrected chi connectivity index (χ0v) is 24.7. The van der Waals surface area contributed by atoms with Gasteiger partial charge in [0, 0.05) is 31.6 Å². The van der Waals surface area contributed by atoms with Crippen LogP contribution in [0.2, 0.25) is 0 Å². The van der Waals surface area contributed by atoms with Gasteiger partial charge in [0.1, 0.15) is 18.0 Å². The van der Waals surface area contributed by atoms with Gasteiger partial charge >= 0.3 is 12.4 Å². The van der Waals surface area contributed by atoms with Crippen molar-refractivity contribution in [2.45, 2.75) is 69.9 Å². The van der Waals surface area contributed by atoms with E-state index in [0.717, 1.165) is 56.7 Å². The number of benzene rings is 2. The average molecular weight is 636 g/mol. The number of ether oxygens (including phenoxy) is 1. The normalized spacial score (nSPS) is 20.0. The van der Waals surface area contributed by atoms with Gasteiger partial charge in [-0.1, -0.05) is 12.5 Å². The zero-order chi connectivity index (χ0) is 32.2. The number of aryl methyl sites for hydroxylation is 1. The minimum absolute atomic E-state index is 0.00491. The van der Waals surface area contributed by atoms with Crippen molar-refractivity contribution in [1.29, 1.82) is 5.26 Å². The summed E-state index contributed by atoms with van der Waals surface area (Å²) in [6, 6.07) is 10.6. The standard InChI is InChI=1S/C33H35F6N3O3/c34-32(35,36)26-8-11-30-25(17-26)18-28(45-30)20-41-12-14-42(15-13-41)31(43)21-44-27-9-5-22(6-10-27)2-1-3-23-4-7-24(19-40)29(16-23)33(37,38)39/h4,7-8,11,16-18,22,27H,1-3,5-6,9-10,12-15,20-21H2. The van der Waals surface area contributed by atoms with Crippen molar-refractivity contribution in [3.05, 3.63) is 70.5 Å². The van der Waals surface area contributed by atoms with Gasteiger partial charge in [-0.15, -0.1) is 0 Å². The number of halogens is 6. The van der Waals surface area contributed by atoms with Crippen molar-refractivity contribution in [2.75, 3.05) is 32.8 Å². The molecular weight excluding hydrogens is 600 g/mol. The van der Waals surface area contributed by atoms with Crippen LogP contribution in [0.25, 0.3) is 11.0 Å². The largest absolute Gasteiger partial charge is 0.460 e. The molecule has 0 bridgehead atoms. The number of piperazine rings is 1. The second-order valence-corrected chi connectivity index (χ2v) is 12.0. The third-order valence-corrected chi connectivity index (χ3v) is 8.82. The van der Waals surface area contributed by atoms with Crippen LogP contribution in [0.3, 0.4) is 0 Å². The van der Waals surface area contributed by atoms with Gasteiger partial charge in [0.15, 0.2) is 0 Å². The number of carbonyl (C=O) groups excluding carboxylic acids is 1. The summed E-state index contributed by atoms with van der Waals surface area (Å²) in [5, 5.41) is 9.37. The second-order valence-electron chi connectivity index (χ2n) is 12.0. The molecule has 2 fully saturated rings. The van der Waals surface area contributed by atoms with Crippen LogP contribution in [0.15, 0.2) is 46.9 Å². The first-order valence-corrected chi connectivity index (χ1v) is 15.2. The van der Waals surface area contributed by atoms with Crippen molar-refractivity contribution < 1.29 is 40.3 Å². The molecule has 6 nitrogen and oxygen atoms in total. The Bertz CT molecular complexity index is 1510. The van der Waals surface area contributed by atoms with Gasteiger partial charge in [0.05, 0.1) is 35.4 Å². The molecule has 12 heteroatoms. The van der Waals surface area contributed by atoms with E-state index in [1.807, 2.05) is 0 Å². The number of amides is 1. The molecule has 2 heterocycles. The number of furan rings is 1. The van der Waals surface area contributed by atoms with Gasteiger partial charge in [-0.3, -0.25) is 9.69 Å². The minimum atomic E-state index is -4.55. The highest BCUT2D eigenvalue weighted by molar-refractivity contribution is 5.79. The lowest BCUT2D eigenvalue weighted by Crippen LogP contribution is -2.49. The fraction of sp³-hybridized carbons (Fsp3) is 0.515. The van der Waals surface area contributed by atoms with E-state index in [-0.39, 0.29) is 24.2 Å². The molecule has 1 aliphatic carbocycles. The number of nitrogens with zero attached hydrogens (tertiary/aromatic N) is 3. The van der Waals surface area contributed by atoms with E-state index in [9.17, 15) is 31.1 Å². The summed E-state index contributed by atoms with van der Waals surface area (Å²) in [5.74, 6) is 0.973. The molecule has 1 aromatic heterocycles. The molecule has 2 aliphatic rings. The lowest BCUT2D eigenvalue weighted by atomic mass is 9.84. The quantitative estimate of drug-likeness (QED) is 0.227.